The lowest BCUT2D eigenvalue weighted by Crippen LogP contribution is -2.39. The van der Waals surface area contributed by atoms with Crippen molar-refractivity contribution >= 4 is 5.91 Å². The number of rotatable bonds is 6. The fourth-order valence-corrected chi connectivity index (χ4v) is 2.99. The second-order valence-corrected chi connectivity index (χ2v) is 5.83. The zero-order valence-electron chi connectivity index (χ0n) is 12.7. The molecule has 122 valence electrons. The van der Waals surface area contributed by atoms with Gasteiger partial charge in [0.2, 0.25) is 17.6 Å². The first-order chi connectivity index (χ1) is 11.1. The number of amides is 1. The topological polar surface area (TPSA) is 85.3 Å². The number of carbonyl (C=O) groups excluding carboxylic acids is 1. The molecule has 2 N–H and O–H groups in total. The van der Waals surface area contributed by atoms with Crippen LogP contribution in [0.1, 0.15) is 31.6 Å². The van der Waals surface area contributed by atoms with Gasteiger partial charge < -0.3 is 10.3 Å². The average Bonchev–Trinajstić information content (AvgIpc) is 3.18. The summed E-state index contributed by atoms with van der Waals surface area (Å²) < 4.78 is 18.2. The molecule has 0 bridgehead atoms. The minimum absolute atomic E-state index is 0.179. The standard InChI is InChI=1S/C16H19FN4O2/c17-12-7-5-11(6-8-12)16-19-15(23-20-16)10-21(9-14(18)22)13-3-1-2-4-13/h5-8,13H,1-4,9-10H2,(H2,18,22). The first kappa shape index (κ1) is 15.6. The van der Waals surface area contributed by atoms with Crippen LogP contribution in [0.15, 0.2) is 28.8 Å². The number of benzene rings is 1. The Kier molecular flexibility index (Phi) is 4.66. The van der Waals surface area contributed by atoms with Crippen LogP contribution in [-0.2, 0) is 11.3 Å². The maximum absolute atomic E-state index is 13.0. The summed E-state index contributed by atoms with van der Waals surface area (Å²) in [6.07, 6.45) is 4.41. The molecule has 1 aliphatic rings. The van der Waals surface area contributed by atoms with Crippen molar-refractivity contribution in [1.82, 2.24) is 15.0 Å². The molecule has 0 saturated heterocycles. The van der Waals surface area contributed by atoms with Gasteiger partial charge in [-0.3, -0.25) is 9.69 Å². The lowest BCUT2D eigenvalue weighted by atomic mass is 10.2. The van der Waals surface area contributed by atoms with Crippen molar-refractivity contribution in [2.45, 2.75) is 38.3 Å². The number of hydrogen-bond donors (Lipinski definition) is 1. The molecule has 3 rings (SSSR count). The van der Waals surface area contributed by atoms with E-state index in [1.165, 1.54) is 12.1 Å². The summed E-state index contributed by atoms with van der Waals surface area (Å²) in [7, 11) is 0. The normalized spacial score (nSPS) is 15.4. The summed E-state index contributed by atoms with van der Waals surface area (Å²) in [6.45, 7) is 0.570. The molecule has 1 saturated carbocycles. The van der Waals surface area contributed by atoms with E-state index in [9.17, 15) is 9.18 Å². The quantitative estimate of drug-likeness (QED) is 0.881. The van der Waals surface area contributed by atoms with Gasteiger partial charge in [-0.25, -0.2) is 4.39 Å². The van der Waals surface area contributed by atoms with Gasteiger partial charge in [-0.05, 0) is 37.1 Å². The third-order valence-corrected chi connectivity index (χ3v) is 4.11. The molecule has 0 radical (unpaired) electrons. The van der Waals surface area contributed by atoms with Crippen molar-refractivity contribution in [2.75, 3.05) is 6.54 Å². The molecule has 0 aliphatic heterocycles. The molecule has 1 heterocycles. The Hall–Kier alpha value is -2.28. The smallest absolute Gasteiger partial charge is 0.241 e. The van der Waals surface area contributed by atoms with E-state index in [4.69, 9.17) is 10.3 Å². The number of nitrogens with zero attached hydrogens (tertiary/aromatic N) is 3. The monoisotopic (exact) mass is 318 g/mol. The van der Waals surface area contributed by atoms with E-state index in [1.807, 2.05) is 4.90 Å². The Bertz CT molecular complexity index is 665. The lowest BCUT2D eigenvalue weighted by Gasteiger charge is -2.25. The van der Waals surface area contributed by atoms with Gasteiger partial charge in [0.25, 0.3) is 0 Å². The van der Waals surface area contributed by atoms with Crippen molar-refractivity contribution in [2.24, 2.45) is 5.73 Å². The third kappa shape index (κ3) is 3.92. The van der Waals surface area contributed by atoms with E-state index >= 15 is 0 Å². The number of carbonyl (C=O) groups is 1. The first-order valence-corrected chi connectivity index (χ1v) is 7.72. The molecular formula is C16H19FN4O2. The number of primary amides is 1. The molecular weight excluding hydrogens is 299 g/mol. The Morgan fingerprint density at radius 3 is 2.65 bits per heavy atom. The summed E-state index contributed by atoms with van der Waals surface area (Å²) in [5.41, 5.74) is 6.03. The van der Waals surface area contributed by atoms with Crippen molar-refractivity contribution in [1.29, 1.82) is 0 Å². The summed E-state index contributed by atoms with van der Waals surface area (Å²) >= 11 is 0. The Morgan fingerprint density at radius 2 is 2.00 bits per heavy atom. The Labute approximate surface area is 133 Å². The molecule has 1 aliphatic carbocycles. The van der Waals surface area contributed by atoms with Crippen LogP contribution in [-0.4, -0.2) is 33.5 Å². The fourth-order valence-electron chi connectivity index (χ4n) is 2.99. The molecule has 6 nitrogen and oxygen atoms in total. The van der Waals surface area contributed by atoms with Crippen LogP contribution in [0.4, 0.5) is 4.39 Å². The highest BCUT2D eigenvalue weighted by Gasteiger charge is 2.25. The van der Waals surface area contributed by atoms with E-state index in [1.54, 1.807) is 12.1 Å². The molecule has 7 heteroatoms. The van der Waals surface area contributed by atoms with Crippen molar-refractivity contribution < 1.29 is 13.7 Å². The highest BCUT2D eigenvalue weighted by Crippen LogP contribution is 2.25. The molecule has 1 amide bonds. The SMILES string of the molecule is NC(=O)CN(Cc1nc(-c2ccc(F)cc2)no1)C1CCCC1. The first-order valence-electron chi connectivity index (χ1n) is 7.72. The van der Waals surface area contributed by atoms with Crippen LogP contribution in [0.25, 0.3) is 11.4 Å². The molecule has 0 spiro atoms. The van der Waals surface area contributed by atoms with E-state index < -0.39 is 0 Å². The van der Waals surface area contributed by atoms with Gasteiger partial charge in [0.1, 0.15) is 5.82 Å². The summed E-state index contributed by atoms with van der Waals surface area (Å²) in [5.74, 6) is 0.157. The minimum Gasteiger partial charge on any atom is -0.369 e. The summed E-state index contributed by atoms with van der Waals surface area (Å²) in [6, 6.07) is 6.22. The zero-order chi connectivity index (χ0) is 16.2. The van der Waals surface area contributed by atoms with E-state index in [-0.39, 0.29) is 18.3 Å². The van der Waals surface area contributed by atoms with Crippen LogP contribution in [0.3, 0.4) is 0 Å². The predicted octanol–water partition coefficient (Wildman–Crippen LogP) is 2.11. The molecule has 1 aromatic heterocycles. The van der Waals surface area contributed by atoms with Crippen LogP contribution < -0.4 is 5.73 Å². The van der Waals surface area contributed by atoms with Gasteiger partial charge in [-0.1, -0.05) is 18.0 Å². The van der Waals surface area contributed by atoms with Gasteiger partial charge in [0.15, 0.2) is 0 Å². The van der Waals surface area contributed by atoms with Crippen LogP contribution >= 0.6 is 0 Å². The number of aromatic nitrogens is 2. The average molecular weight is 318 g/mol. The van der Waals surface area contributed by atoms with Crippen molar-refractivity contribution in [3.63, 3.8) is 0 Å². The van der Waals surface area contributed by atoms with Gasteiger partial charge in [0, 0.05) is 11.6 Å². The predicted molar refractivity (Wildman–Crippen MR) is 81.6 cm³/mol. The highest BCUT2D eigenvalue weighted by molar-refractivity contribution is 5.75. The van der Waals surface area contributed by atoms with Crippen molar-refractivity contribution in [3.8, 4) is 11.4 Å². The van der Waals surface area contributed by atoms with Gasteiger partial charge in [-0.15, -0.1) is 0 Å². The number of hydrogen-bond acceptors (Lipinski definition) is 5. The van der Waals surface area contributed by atoms with Gasteiger partial charge >= 0.3 is 0 Å². The maximum Gasteiger partial charge on any atom is 0.241 e. The van der Waals surface area contributed by atoms with Gasteiger partial charge in [-0.2, -0.15) is 4.98 Å². The van der Waals surface area contributed by atoms with E-state index in [0.717, 1.165) is 25.7 Å². The minimum atomic E-state index is -0.366. The van der Waals surface area contributed by atoms with Crippen LogP contribution in [0, 0.1) is 5.82 Å². The number of halogens is 1. The zero-order valence-corrected chi connectivity index (χ0v) is 12.7. The van der Waals surface area contributed by atoms with Crippen LogP contribution in [0.2, 0.25) is 0 Å². The molecule has 2 aromatic rings. The van der Waals surface area contributed by atoms with Gasteiger partial charge in [0.05, 0.1) is 13.1 Å². The number of nitrogens with two attached hydrogens (primary N) is 1. The Balaban J connectivity index is 1.73. The lowest BCUT2D eigenvalue weighted by molar-refractivity contribution is -0.119. The highest BCUT2D eigenvalue weighted by atomic mass is 19.1. The fraction of sp³-hybridized carbons (Fsp3) is 0.438. The molecule has 1 fully saturated rings. The third-order valence-electron chi connectivity index (χ3n) is 4.11. The molecule has 0 unspecified atom stereocenters. The molecule has 0 atom stereocenters. The summed E-state index contributed by atoms with van der Waals surface area (Å²) in [5, 5.41) is 3.92. The van der Waals surface area contributed by atoms with Crippen LogP contribution in [0.5, 0.6) is 0 Å². The van der Waals surface area contributed by atoms with E-state index in [0.29, 0.717) is 29.9 Å². The Morgan fingerprint density at radius 1 is 1.30 bits per heavy atom. The largest absolute Gasteiger partial charge is 0.369 e. The molecule has 1 aromatic carbocycles. The second kappa shape index (κ2) is 6.87. The van der Waals surface area contributed by atoms with E-state index in [2.05, 4.69) is 10.1 Å². The second-order valence-electron chi connectivity index (χ2n) is 5.83. The molecule has 23 heavy (non-hydrogen) atoms. The van der Waals surface area contributed by atoms with Crippen molar-refractivity contribution in [3.05, 3.63) is 36.0 Å². The summed E-state index contributed by atoms with van der Waals surface area (Å²) in [4.78, 5) is 17.6. The maximum atomic E-state index is 13.0.